The SMILES string of the molecule is NC(=O)c1c(-c2ccccc2)nn(-c2c(Cl)cc(Cl)cc2Cl)c1N. The van der Waals surface area contributed by atoms with E-state index in [1.54, 1.807) is 12.1 Å². The van der Waals surface area contributed by atoms with Crippen molar-refractivity contribution in [1.29, 1.82) is 0 Å². The summed E-state index contributed by atoms with van der Waals surface area (Å²) >= 11 is 18.4. The van der Waals surface area contributed by atoms with Gasteiger partial charge in [0.2, 0.25) is 0 Å². The largest absolute Gasteiger partial charge is 0.383 e. The number of nitrogens with two attached hydrogens (primary N) is 2. The van der Waals surface area contributed by atoms with Gasteiger partial charge in [-0.3, -0.25) is 4.79 Å². The number of carbonyl (C=O) groups excluding carboxylic acids is 1. The molecule has 0 saturated carbocycles. The lowest BCUT2D eigenvalue weighted by atomic mass is 10.1. The summed E-state index contributed by atoms with van der Waals surface area (Å²) in [4.78, 5) is 11.9. The lowest BCUT2D eigenvalue weighted by Gasteiger charge is -2.09. The smallest absolute Gasteiger partial charge is 0.254 e. The topological polar surface area (TPSA) is 86.9 Å². The minimum Gasteiger partial charge on any atom is -0.383 e. The van der Waals surface area contributed by atoms with E-state index in [9.17, 15) is 4.79 Å². The van der Waals surface area contributed by atoms with Gasteiger partial charge in [-0.05, 0) is 12.1 Å². The zero-order valence-corrected chi connectivity index (χ0v) is 14.4. The van der Waals surface area contributed by atoms with Gasteiger partial charge in [0.15, 0.2) is 0 Å². The number of nitrogens with zero attached hydrogens (tertiary/aromatic N) is 2. The Bertz CT molecular complexity index is 915. The molecule has 122 valence electrons. The van der Waals surface area contributed by atoms with Gasteiger partial charge in [-0.2, -0.15) is 5.10 Å². The van der Waals surface area contributed by atoms with Gasteiger partial charge in [0.25, 0.3) is 5.91 Å². The molecule has 0 saturated heterocycles. The molecule has 3 aromatic rings. The van der Waals surface area contributed by atoms with E-state index < -0.39 is 5.91 Å². The molecule has 4 N–H and O–H groups in total. The monoisotopic (exact) mass is 380 g/mol. The van der Waals surface area contributed by atoms with Gasteiger partial charge in [-0.1, -0.05) is 65.1 Å². The van der Waals surface area contributed by atoms with Crippen molar-refractivity contribution in [3.63, 3.8) is 0 Å². The molecule has 0 aliphatic carbocycles. The van der Waals surface area contributed by atoms with Crippen molar-refractivity contribution in [2.45, 2.75) is 0 Å². The second-order valence-electron chi connectivity index (χ2n) is 4.97. The fourth-order valence-electron chi connectivity index (χ4n) is 2.38. The highest BCUT2D eigenvalue weighted by molar-refractivity contribution is 6.40. The van der Waals surface area contributed by atoms with E-state index in [2.05, 4.69) is 5.10 Å². The normalized spacial score (nSPS) is 10.8. The molecule has 5 nitrogen and oxygen atoms in total. The van der Waals surface area contributed by atoms with Gasteiger partial charge in [0.1, 0.15) is 22.8 Å². The molecular formula is C16H11Cl3N4O. The summed E-state index contributed by atoms with van der Waals surface area (Å²) in [5.74, 6) is -0.647. The fourth-order valence-corrected chi connectivity index (χ4v) is 3.36. The second-order valence-corrected chi connectivity index (χ2v) is 6.22. The first-order valence-electron chi connectivity index (χ1n) is 6.78. The number of rotatable bonds is 3. The predicted octanol–water partition coefficient (Wildman–Crippen LogP) is 4.18. The van der Waals surface area contributed by atoms with Gasteiger partial charge in [-0.25, -0.2) is 4.68 Å². The predicted molar refractivity (Wildman–Crippen MR) is 97.0 cm³/mol. The minimum absolute atomic E-state index is 0.0486. The third-order valence-electron chi connectivity index (χ3n) is 3.41. The van der Waals surface area contributed by atoms with Crippen LogP contribution in [-0.2, 0) is 0 Å². The molecule has 0 aliphatic heterocycles. The van der Waals surface area contributed by atoms with Crippen molar-refractivity contribution >= 4 is 46.5 Å². The van der Waals surface area contributed by atoms with E-state index in [4.69, 9.17) is 46.3 Å². The highest BCUT2D eigenvalue weighted by Crippen LogP contribution is 2.36. The first-order valence-corrected chi connectivity index (χ1v) is 7.92. The van der Waals surface area contributed by atoms with Crippen LogP contribution in [0.2, 0.25) is 15.1 Å². The molecular weight excluding hydrogens is 371 g/mol. The Morgan fingerprint density at radius 1 is 1.04 bits per heavy atom. The van der Waals surface area contributed by atoms with Crippen LogP contribution in [-0.4, -0.2) is 15.7 Å². The van der Waals surface area contributed by atoms with Crippen LogP contribution in [0.3, 0.4) is 0 Å². The molecule has 1 heterocycles. The van der Waals surface area contributed by atoms with Crippen LogP contribution in [0.1, 0.15) is 10.4 Å². The molecule has 0 radical (unpaired) electrons. The Balaban J connectivity index is 2.31. The zero-order valence-electron chi connectivity index (χ0n) is 12.1. The highest BCUT2D eigenvalue weighted by atomic mass is 35.5. The van der Waals surface area contributed by atoms with Crippen LogP contribution >= 0.6 is 34.8 Å². The molecule has 0 spiro atoms. The Morgan fingerprint density at radius 3 is 2.17 bits per heavy atom. The molecule has 8 heteroatoms. The highest BCUT2D eigenvalue weighted by Gasteiger charge is 2.24. The zero-order chi connectivity index (χ0) is 17.4. The molecule has 0 atom stereocenters. The summed E-state index contributed by atoms with van der Waals surface area (Å²) in [5, 5.41) is 5.27. The number of amides is 1. The van der Waals surface area contributed by atoms with Gasteiger partial charge in [0, 0.05) is 10.6 Å². The lowest BCUT2D eigenvalue weighted by Crippen LogP contribution is -2.14. The number of primary amides is 1. The van der Waals surface area contributed by atoms with Crippen LogP contribution in [0.15, 0.2) is 42.5 Å². The quantitative estimate of drug-likeness (QED) is 0.713. The number of nitrogen functional groups attached to an aromatic ring is 1. The summed E-state index contributed by atoms with van der Waals surface area (Å²) in [7, 11) is 0. The average Bonchev–Trinajstić information content (AvgIpc) is 2.85. The van der Waals surface area contributed by atoms with Crippen molar-refractivity contribution in [3.05, 3.63) is 63.1 Å². The first-order chi connectivity index (χ1) is 11.4. The summed E-state index contributed by atoms with van der Waals surface area (Å²) in [5.41, 5.74) is 13.1. The molecule has 0 unspecified atom stereocenters. The van der Waals surface area contributed by atoms with Crippen LogP contribution < -0.4 is 11.5 Å². The fraction of sp³-hybridized carbons (Fsp3) is 0. The molecule has 0 bridgehead atoms. The molecule has 3 rings (SSSR count). The van der Waals surface area contributed by atoms with Gasteiger partial charge >= 0.3 is 0 Å². The van der Waals surface area contributed by atoms with Crippen molar-refractivity contribution in [3.8, 4) is 16.9 Å². The first kappa shape index (κ1) is 16.6. The summed E-state index contributed by atoms with van der Waals surface area (Å²) in [6.45, 7) is 0. The van der Waals surface area contributed by atoms with Crippen LogP contribution in [0.4, 0.5) is 5.82 Å². The summed E-state index contributed by atoms with van der Waals surface area (Å²) < 4.78 is 1.30. The van der Waals surface area contributed by atoms with E-state index in [1.807, 2.05) is 18.2 Å². The number of benzene rings is 2. The minimum atomic E-state index is -0.696. The number of hydrogen-bond acceptors (Lipinski definition) is 3. The summed E-state index contributed by atoms with van der Waals surface area (Å²) in [6, 6.07) is 12.1. The van der Waals surface area contributed by atoms with Gasteiger partial charge < -0.3 is 11.5 Å². The number of carbonyl (C=O) groups is 1. The van der Waals surface area contributed by atoms with Crippen LogP contribution in [0, 0.1) is 0 Å². The van der Waals surface area contributed by atoms with Gasteiger partial charge in [-0.15, -0.1) is 0 Å². The van der Waals surface area contributed by atoms with Crippen molar-refractivity contribution < 1.29 is 4.79 Å². The Morgan fingerprint density at radius 2 is 1.62 bits per heavy atom. The Labute approximate surface area is 152 Å². The van der Waals surface area contributed by atoms with E-state index >= 15 is 0 Å². The molecule has 24 heavy (non-hydrogen) atoms. The molecule has 2 aromatic carbocycles. The number of anilines is 1. The number of aromatic nitrogens is 2. The maximum Gasteiger partial charge on any atom is 0.254 e. The lowest BCUT2D eigenvalue weighted by molar-refractivity contribution is 0.100. The molecule has 0 fully saturated rings. The number of hydrogen-bond donors (Lipinski definition) is 2. The third kappa shape index (κ3) is 2.82. The van der Waals surface area contributed by atoms with Crippen molar-refractivity contribution in [2.75, 3.05) is 5.73 Å². The number of halogens is 3. The standard InChI is InChI=1S/C16H11Cl3N4O/c17-9-6-10(18)14(11(19)7-9)23-15(20)12(16(21)24)13(22-23)8-4-2-1-3-5-8/h1-7H,20H2,(H2,21,24). The summed E-state index contributed by atoms with van der Waals surface area (Å²) in [6.07, 6.45) is 0. The van der Waals surface area contributed by atoms with E-state index in [-0.39, 0.29) is 21.4 Å². The Kier molecular flexibility index (Phi) is 4.41. The average molecular weight is 382 g/mol. The maximum atomic E-state index is 11.9. The molecule has 0 aliphatic rings. The van der Waals surface area contributed by atoms with Crippen LogP contribution in [0.25, 0.3) is 16.9 Å². The molecule has 1 aromatic heterocycles. The third-order valence-corrected chi connectivity index (χ3v) is 4.20. The van der Waals surface area contributed by atoms with E-state index in [0.717, 1.165) is 0 Å². The van der Waals surface area contributed by atoms with Gasteiger partial charge in [0.05, 0.1) is 10.0 Å². The van der Waals surface area contributed by atoms with Crippen molar-refractivity contribution in [1.82, 2.24) is 9.78 Å². The molecule has 1 amide bonds. The van der Waals surface area contributed by atoms with Crippen molar-refractivity contribution in [2.24, 2.45) is 5.73 Å². The maximum absolute atomic E-state index is 11.9. The second kappa shape index (κ2) is 6.36. The van der Waals surface area contributed by atoms with Crippen LogP contribution in [0.5, 0.6) is 0 Å². The van der Waals surface area contributed by atoms with E-state index in [0.29, 0.717) is 22.0 Å². The van der Waals surface area contributed by atoms with E-state index in [1.165, 1.54) is 16.8 Å². The Hall–Kier alpha value is -2.21.